The second-order valence-electron chi connectivity index (χ2n) is 9.61. The number of hydrogen-bond donors (Lipinski definition) is 2. The van der Waals surface area contributed by atoms with Crippen LogP contribution in [-0.4, -0.2) is 65.2 Å². The molecule has 2 fully saturated rings. The van der Waals surface area contributed by atoms with Crippen LogP contribution in [0.3, 0.4) is 0 Å². The first kappa shape index (κ1) is 24.8. The lowest BCUT2D eigenvalue weighted by molar-refractivity contribution is -0.126. The number of anilines is 2. The van der Waals surface area contributed by atoms with Crippen molar-refractivity contribution in [3.63, 3.8) is 0 Å². The fourth-order valence-electron chi connectivity index (χ4n) is 4.88. The van der Waals surface area contributed by atoms with Gasteiger partial charge in [-0.2, -0.15) is 0 Å². The van der Waals surface area contributed by atoms with Crippen molar-refractivity contribution in [1.82, 2.24) is 25.2 Å². The standard InChI is InChI=1S/C27H34N6O2S/c1-19-9-10-28-25(17-19)32-24-4-2-3-22(31-24)23-18-30-27(36-23)21-7-5-20(6-8-21)26(34)29-11-12-33-13-15-35-16-14-33/h2-4,9-10,17-18,20-21H,5-8,11-16H2,1H3,(H,29,34)(H,28,31,32). The van der Waals surface area contributed by atoms with Crippen molar-refractivity contribution in [2.24, 2.45) is 5.92 Å². The van der Waals surface area contributed by atoms with E-state index in [0.29, 0.717) is 5.92 Å². The summed E-state index contributed by atoms with van der Waals surface area (Å²) in [6.45, 7) is 7.16. The van der Waals surface area contributed by atoms with Gasteiger partial charge in [0.2, 0.25) is 5.91 Å². The lowest BCUT2D eigenvalue weighted by Gasteiger charge is -2.28. The van der Waals surface area contributed by atoms with Crippen molar-refractivity contribution in [3.8, 4) is 10.6 Å². The predicted octanol–water partition coefficient (Wildman–Crippen LogP) is 4.37. The molecular weight excluding hydrogens is 472 g/mol. The number of morpholine rings is 1. The van der Waals surface area contributed by atoms with Gasteiger partial charge >= 0.3 is 0 Å². The van der Waals surface area contributed by atoms with E-state index < -0.39 is 0 Å². The number of hydrogen-bond acceptors (Lipinski definition) is 8. The SMILES string of the molecule is Cc1ccnc(Nc2cccc(-c3cnc(C4CCC(C(=O)NCCN5CCOCC5)CC4)s3)n2)c1. The fraction of sp³-hybridized carbons (Fsp3) is 0.481. The highest BCUT2D eigenvalue weighted by molar-refractivity contribution is 7.15. The molecule has 1 aliphatic heterocycles. The summed E-state index contributed by atoms with van der Waals surface area (Å²) in [4.78, 5) is 30.0. The summed E-state index contributed by atoms with van der Waals surface area (Å²) >= 11 is 1.72. The summed E-state index contributed by atoms with van der Waals surface area (Å²) in [6, 6.07) is 9.94. The fourth-order valence-corrected chi connectivity index (χ4v) is 5.94. The molecule has 9 heteroatoms. The summed E-state index contributed by atoms with van der Waals surface area (Å²) in [6.07, 6.45) is 7.57. The van der Waals surface area contributed by atoms with E-state index in [1.54, 1.807) is 17.5 Å². The third kappa shape index (κ3) is 6.46. The third-order valence-electron chi connectivity index (χ3n) is 6.97. The van der Waals surface area contributed by atoms with E-state index in [0.717, 1.165) is 97.9 Å². The van der Waals surface area contributed by atoms with Crippen molar-refractivity contribution in [2.75, 3.05) is 44.7 Å². The van der Waals surface area contributed by atoms with E-state index in [9.17, 15) is 4.79 Å². The highest BCUT2D eigenvalue weighted by Crippen LogP contribution is 2.39. The van der Waals surface area contributed by atoms with E-state index in [1.807, 2.05) is 43.5 Å². The van der Waals surface area contributed by atoms with Gasteiger partial charge in [-0.15, -0.1) is 11.3 Å². The Morgan fingerprint density at radius 2 is 1.94 bits per heavy atom. The number of aryl methyl sites for hydroxylation is 1. The molecule has 2 aliphatic rings. The molecule has 1 aliphatic carbocycles. The quantitative estimate of drug-likeness (QED) is 0.469. The van der Waals surface area contributed by atoms with Crippen LogP contribution in [0.1, 0.15) is 42.2 Å². The van der Waals surface area contributed by atoms with Gasteiger partial charge < -0.3 is 15.4 Å². The molecule has 190 valence electrons. The molecular formula is C27H34N6O2S. The van der Waals surface area contributed by atoms with Crippen molar-refractivity contribution in [2.45, 2.75) is 38.5 Å². The van der Waals surface area contributed by atoms with Gasteiger partial charge in [0.25, 0.3) is 0 Å². The third-order valence-corrected chi connectivity index (χ3v) is 8.16. The van der Waals surface area contributed by atoms with E-state index in [1.165, 1.54) is 0 Å². The topological polar surface area (TPSA) is 92.3 Å². The second-order valence-corrected chi connectivity index (χ2v) is 10.7. The molecule has 1 saturated carbocycles. The van der Waals surface area contributed by atoms with Crippen molar-refractivity contribution < 1.29 is 9.53 Å². The normalized spacial score (nSPS) is 20.7. The van der Waals surface area contributed by atoms with E-state index in [-0.39, 0.29) is 11.8 Å². The van der Waals surface area contributed by atoms with Gasteiger partial charge in [0.1, 0.15) is 11.6 Å². The van der Waals surface area contributed by atoms with E-state index >= 15 is 0 Å². The van der Waals surface area contributed by atoms with Gasteiger partial charge in [-0.25, -0.2) is 15.0 Å². The number of carbonyl (C=O) groups excluding carboxylic acids is 1. The monoisotopic (exact) mass is 506 g/mol. The smallest absolute Gasteiger partial charge is 0.223 e. The number of ether oxygens (including phenoxy) is 1. The van der Waals surface area contributed by atoms with Crippen molar-refractivity contribution >= 4 is 28.9 Å². The van der Waals surface area contributed by atoms with E-state index in [4.69, 9.17) is 14.7 Å². The Hall–Kier alpha value is -2.88. The Bertz CT molecular complexity index is 1150. The predicted molar refractivity (Wildman–Crippen MR) is 143 cm³/mol. The number of carbonyl (C=O) groups is 1. The van der Waals surface area contributed by atoms with Crippen LogP contribution >= 0.6 is 11.3 Å². The minimum absolute atomic E-state index is 0.116. The summed E-state index contributed by atoms with van der Waals surface area (Å²) < 4.78 is 5.38. The molecule has 2 N–H and O–H groups in total. The second kappa shape index (κ2) is 11.9. The lowest BCUT2D eigenvalue weighted by atomic mass is 9.82. The molecule has 3 aromatic rings. The Morgan fingerprint density at radius 1 is 1.11 bits per heavy atom. The van der Waals surface area contributed by atoms with Gasteiger partial charge in [0.05, 0.1) is 28.8 Å². The van der Waals surface area contributed by atoms with Gasteiger partial charge in [-0.3, -0.25) is 9.69 Å². The number of amides is 1. The molecule has 0 unspecified atom stereocenters. The maximum absolute atomic E-state index is 12.7. The highest BCUT2D eigenvalue weighted by atomic mass is 32.1. The first-order valence-corrected chi connectivity index (χ1v) is 13.7. The number of nitrogens with one attached hydrogen (secondary N) is 2. The highest BCUT2D eigenvalue weighted by Gasteiger charge is 2.28. The zero-order valence-corrected chi connectivity index (χ0v) is 21.6. The molecule has 0 bridgehead atoms. The average molecular weight is 507 g/mol. The molecule has 0 aromatic carbocycles. The molecule has 1 saturated heterocycles. The zero-order chi connectivity index (χ0) is 24.7. The molecule has 4 heterocycles. The Morgan fingerprint density at radius 3 is 2.75 bits per heavy atom. The summed E-state index contributed by atoms with van der Waals surface area (Å²) in [7, 11) is 0. The van der Waals surface area contributed by atoms with Crippen molar-refractivity contribution in [1.29, 1.82) is 0 Å². The minimum atomic E-state index is 0.116. The van der Waals surface area contributed by atoms with Crippen LogP contribution < -0.4 is 10.6 Å². The first-order valence-electron chi connectivity index (χ1n) is 12.8. The zero-order valence-electron chi connectivity index (χ0n) is 20.8. The van der Waals surface area contributed by atoms with Gasteiger partial charge in [-0.1, -0.05) is 6.07 Å². The van der Waals surface area contributed by atoms with Crippen LogP contribution in [0, 0.1) is 12.8 Å². The molecule has 1 amide bonds. The molecule has 0 radical (unpaired) electrons. The molecule has 0 spiro atoms. The van der Waals surface area contributed by atoms with Crippen LogP contribution in [0.2, 0.25) is 0 Å². The summed E-state index contributed by atoms with van der Waals surface area (Å²) in [5.41, 5.74) is 2.06. The van der Waals surface area contributed by atoms with Gasteiger partial charge in [0, 0.05) is 50.4 Å². The lowest BCUT2D eigenvalue weighted by Crippen LogP contribution is -2.42. The van der Waals surface area contributed by atoms with Crippen LogP contribution in [0.5, 0.6) is 0 Å². The largest absolute Gasteiger partial charge is 0.379 e. The van der Waals surface area contributed by atoms with Crippen LogP contribution in [-0.2, 0) is 9.53 Å². The molecule has 0 atom stereocenters. The van der Waals surface area contributed by atoms with Gasteiger partial charge in [-0.05, 0) is 62.4 Å². The Labute approximate surface area is 216 Å². The van der Waals surface area contributed by atoms with Crippen LogP contribution in [0.4, 0.5) is 11.6 Å². The van der Waals surface area contributed by atoms with Gasteiger partial charge in [0.15, 0.2) is 0 Å². The van der Waals surface area contributed by atoms with Crippen LogP contribution in [0.25, 0.3) is 10.6 Å². The summed E-state index contributed by atoms with van der Waals surface area (Å²) in [5.74, 6) is 2.29. The maximum Gasteiger partial charge on any atom is 0.223 e. The molecule has 5 rings (SSSR count). The molecule has 36 heavy (non-hydrogen) atoms. The number of thiazole rings is 1. The average Bonchev–Trinajstić information content (AvgIpc) is 3.40. The number of aromatic nitrogens is 3. The number of nitrogens with zero attached hydrogens (tertiary/aromatic N) is 4. The number of rotatable bonds is 8. The van der Waals surface area contributed by atoms with Crippen molar-refractivity contribution in [3.05, 3.63) is 53.3 Å². The maximum atomic E-state index is 12.7. The Balaban J connectivity index is 1.12. The number of pyridine rings is 2. The molecule has 3 aromatic heterocycles. The molecule has 8 nitrogen and oxygen atoms in total. The van der Waals surface area contributed by atoms with Crippen LogP contribution in [0.15, 0.2) is 42.7 Å². The van der Waals surface area contributed by atoms with E-state index in [2.05, 4.69) is 20.5 Å². The Kier molecular flexibility index (Phi) is 8.20. The minimum Gasteiger partial charge on any atom is -0.379 e. The summed E-state index contributed by atoms with van der Waals surface area (Å²) in [5, 5.41) is 7.59. The first-order chi connectivity index (χ1) is 17.6.